The molecule has 2 rings (SSSR count). The van der Waals surface area contributed by atoms with E-state index in [1.807, 2.05) is 0 Å². The van der Waals surface area contributed by atoms with Crippen molar-refractivity contribution in [2.24, 2.45) is 11.8 Å². The molecule has 1 aliphatic heterocycles. The van der Waals surface area contributed by atoms with E-state index in [0.717, 1.165) is 25.9 Å². The maximum Gasteiger partial charge on any atom is 0.336 e. The van der Waals surface area contributed by atoms with Crippen LogP contribution >= 0.6 is 11.6 Å². The first kappa shape index (κ1) is 23.3. The molecule has 0 amide bonds. The Morgan fingerprint density at radius 3 is 2.62 bits per heavy atom. The van der Waals surface area contributed by atoms with Gasteiger partial charge in [0.25, 0.3) is 0 Å². The van der Waals surface area contributed by atoms with Crippen LogP contribution in [0.2, 0.25) is 5.15 Å². The van der Waals surface area contributed by atoms with Crippen molar-refractivity contribution in [3.05, 3.63) is 23.0 Å². The summed E-state index contributed by atoms with van der Waals surface area (Å²) in [6.45, 7) is 5.62. The largest absolute Gasteiger partial charge is 0.486 e. The number of carboxylic acid groups (broad SMARTS) is 2. The normalized spacial score (nSPS) is 19.7. The van der Waals surface area contributed by atoms with Crippen LogP contribution < -0.4 is 10.1 Å². The van der Waals surface area contributed by atoms with Crippen molar-refractivity contribution < 1.29 is 34.4 Å². The summed E-state index contributed by atoms with van der Waals surface area (Å²) in [7, 11) is 0. The number of aliphatic hydroxyl groups is 1. The first-order valence-corrected chi connectivity index (χ1v) is 9.84. The molecule has 9 nitrogen and oxygen atoms in total. The Morgan fingerprint density at radius 1 is 1.34 bits per heavy atom. The summed E-state index contributed by atoms with van der Waals surface area (Å²) in [5.41, 5.74) is 0.425. The van der Waals surface area contributed by atoms with Crippen LogP contribution in [-0.4, -0.2) is 63.6 Å². The van der Waals surface area contributed by atoms with E-state index in [2.05, 4.69) is 24.1 Å². The molecule has 1 fully saturated rings. The zero-order chi connectivity index (χ0) is 21.6. The predicted octanol–water partition coefficient (Wildman–Crippen LogP) is 1.55. The van der Waals surface area contributed by atoms with Crippen LogP contribution in [0, 0.1) is 11.8 Å². The molecule has 10 heteroatoms. The third kappa shape index (κ3) is 6.53. The van der Waals surface area contributed by atoms with E-state index in [1.54, 1.807) is 6.07 Å². The molecule has 1 aliphatic rings. The van der Waals surface area contributed by atoms with Crippen LogP contribution in [0.15, 0.2) is 12.3 Å². The number of aliphatic hydroxyl groups excluding tert-OH is 1. The van der Waals surface area contributed by atoms with E-state index >= 15 is 0 Å². The van der Waals surface area contributed by atoms with Crippen molar-refractivity contribution in [3.63, 3.8) is 0 Å². The molecule has 1 aromatic heterocycles. The van der Waals surface area contributed by atoms with Crippen molar-refractivity contribution in [2.45, 2.75) is 51.6 Å². The number of rotatable bonds is 11. The van der Waals surface area contributed by atoms with E-state index in [9.17, 15) is 14.7 Å². The van der Waals surface area contributed by atoms with Crippen LogP contribution in [0.5, 0.6) is 5.75 Å². The van der Waals surface area contributed by atoms with Gasteiger partial charge in [0, 0.05) is 24.2 Å². The number of aromatic nitrogens is 1. The Balaban J connectivity index is 2.20. The minimum atomic E-state index is -2.20. The summed E-state index contributed by atoms with van der Waals surface area (Å²) in [4.78, 5) is 26.2. The average Bonchev–Trinajstić information content (AvgIpc) is 3.17. The van der Waals surface area contributed by atoms with Crippen molar-refractivity contribution in [2.75, 3.05) is 13.1 Å². The molecule has 0 aliphatic carbocycles. The summed E-state index contributed by atoms with van der Waals surface area (Å²) in [6.07, 6.45) is -1.07. The van der Waals surface area contributed by atoms with Gasteiger partial charge in [-0.15, -0.1) is 0 Å². The second-order valence-corrected chi connectivity index (χ2v) is 7.84. The van der Waals surface area contributed by atoms with Gasteiger partial charge in [0.15, 0.2) is 23.1 Å². The lowest BCUT2D eigenvalue weighted by atomic mass is 9.93. The quantitative estimate of drug-likeness (QED) is 0.385. The molecule has 1 aromatic rings. The van der Waals surface area contributed by atoms with Gasteiger partial charge < -0.3 is 30.1 Å². The van der Waals surface area contributed by atoms with Crippen LogP contribution in [0.4, 0.5) is 0 Å². The topological polar surface area (TPSA) is 138 Å². The summed E-state index contributed by atoms with van der Waals surface area (Å²) < 4.78 is 11.4. The fourth-order valence-corrected chi connectivity index (χ4v) is 3.47. The lowest BCUT2D eigenvalue weighted by Gasteiger charge is -2.27. The SMILES string of the molecule is CC(C)CC(Oc1c(CO[C@@H](C(=O)O)C(O)C(=O)O)ccnc1Cl)C1CCNC1. The van der Waals surface area contributed by atoms with Crippen LogP contribution in [-0.2, 0) is 20.9 Å². The zero-order valence-corrected chi connectivity index (χ0v) is 17.1. The van der Waals surface area contributed by atoms with Gasteiger partial charge in [-0.1, -0.05) is 25.4 Å². The van der Waals surface area contributed by atoms with Gasteiger partial charge in [0.05, 0.1) is 6.61 Å². The molecule has 4 N–H and O–H groups in total. The Bertz CT molecular complexity index is 710. The van der Waals surface area contributed by atoms with Crippen molar-refractivity contribution in [1.29, 1.82) is 0 Å². The first-order valence-electron chi connectivity index (χ1n) is 9.46. The second kappa shape index (κ2) is 10.7. The number of aliphatic carboxylic acids is 2. The summed E-state index contributed by atoms with van der Waals surface area (Å²) in [5.74, 6) is -2.31. The molecular formula is C19H27ClN2O7. The molecule has 4 atom stereocenters. The van der Waals surface area contributed by atoms with Gasteiger partial charge in [-0.3, -0.25) is 0 Å². The van der Waals surface area contributed by atoms with Crippen LogP contribution in [0.1, 0.15) is 32.3 Å². The fourth-order valence-electron chi connectivity index (χ4n) is 3.25. The van der Waals surface area contributed by atoms with E-state index < -0.39 is 24.1 Å². The minimum Gasteiger partial charge on any atom is -0.486 e. The van der Waals surface area contributed by atoms with E-state index in [0.29, 0.717) is 17.4 Å². The van der Waals surface area contributed by atoms with E-state index in [1.165, 1.54) is 6.20 Å². The summed E-state index contributed by atoms with van der Waals surface area (Å²) in [5, 5.41) is 31.0. The van der Waals surface area contributed by atoms with E-state index in [4.69, 9.17) is 31.3 Å². The molecule has 2 heterocycles. The second-order valence-electron chi connectivity index (χ2n) is 7.48. The van der Waals surface area contributed by atoms with Gasteiger partial charge in [0.2, 0.25) is 0 Å². The molecular weight excluding hydrogens is 404 g/mol. The predicted molar refractivity (Wildman–Crippen MR) is 104 cm³/mol. The van der Waals surface area contributed by atoms with Crippen molar-refractivity contribution in [1.82, 2.24) is 10.3 Å². The Labute approximate surface area is 174 Å². The number of carboxylic acids is 2. The molecule has 29 heavy (non-hydrogen) atoms. The Hall–Kier alpha value is -1.94. The number of nitrogens with one attached hydrogen (secondary N) is 1. The highest BCUT2D eigenvalue weighted by atomic mass is 35.5. The first-order chi connectivity index (χ1) is 13.7. The van der Waals surface area contributed by atoms with Crippen LogP contribution in [0.25, 0.3) is 0 Å². The molecule has 1 saturated heterocycles. The lowest BCUT2D eigenvalue weighted by molar-refractivity contribution is -0.172. The van der Waals surface area contributed by atoms with Gasteiger partial charge in [-0.25, -0.2) is 14.6 Å². The number of pyridine rings is 1. The highest BCUT2D eigenvalue weighted by molar-refractivity contribution is 6.30. The van der Waals surface area contributed by atoms with Crippen molar-refractivity contribution >= 4 is 23.5 Å². The number of halogens is 1. The van der Waals surface area contributed by atoms with Crippen molar-refractivity contribution in [3.8, 4) is 5.75 Å². The molecule has 0 radical (unpaired) electrons. The monoisotopic (exact) mass is 430 g/mol. The van der Waals surface area contributed by atoms with Gasteiger partial charge in [-0.2, -0.15) is 0 Å². The molecule has 0 aromatic carbocycles. The maximum atomic E-state index is 11.3. The minimum absolute atomic E-state index is 0.108. The average molecular weight is 431 g/mol. The molecule has 162 valence electrons. The van der Waals surface area contributed by atoms with Gasteiger partial charge >= 0.3 is 11.9 Å². The summed E-state index contributed by atoms with van der Waals surface area (Å²) in [6, 6.07) is 1.56. The number of hydrogen-bond donors (Lipinski definition) is 4. The third-order valence-corrected chi connectivity index (χ3v) is 5.01. The molecule has 0 bridgehead atoms. The van der Waals surface area contributed by atoms with Crippen LogP contribution in [0.3, 0.4) is 0 Å². The number of carbonyl (C=O) groups is 2. The summed E-state index contributed by atoms with van der Waals surface area (Å²) >= 11 is 6.24. The number of ether oxygens (including phenoxy) is 2. The lowest BCUT2D eigenvalue weighted by Crippen LogP contribution is -2.41. The molecule has 3 unspecified atom stereocenters. The highest BCUT2D eigenvalue weighted by Crippen LogP contribution is 2.32. The highest BCUT2D eigenvalue weighted by Gasteiger charge is 2.34. The Kier molecular flexibility index (Phi) is 8.63. The standard InChI is InChI=1S/C19H27ClN2O7/c1-10(2)7-13(11-3-5-21-8-11)29-15-12(4-6-22-17(15)20)9-28-16(19(26)27)14(23)18(24)25/h4,6,10-11,13-14,16,21,23H,3,5,7-9H2,1-2H3,(H,24,25)(H,26,27)/t11?,13?,14?,16-/m1/s1. The maximum absolute atomic E-state index is 11.3. The fraction of sp³-hybridized carbons (Fsp3) is 0.632. The van der Waals surface area contributed by atoms with E-state index in [-0.39, 0.29) is 23.6 Å². The van der Waals surface area contributed by atoms with Gasteiger partial charge in [0.1, 0.15) is 6.10 Å². The Morgan fingerprint density at radius 2 is 2.07 bits per heavy atom. The third-order valence-electron chi connectivity index (χ3n) is 4.74. The number of hydrogen-bond acceptors (Lipinski definition) is 7. The zero-order valence-electron chi connectivity index (χ0n) is 16.4. The van der Waals surface area contributed by atoms with Gasteiger partial charge in [-0.05, 0) is 31.4 Å². The molecule has 0 spiro atoms. The smallest absolute Gasteiger partial charge is 0.336 e. The number of nitrogens with zero attached hydrogens (tertiary/aromatic N) is 1. The molecule has 0 saturated carbocycles.